The van der Waals surface area contributed by atoms with Gasteiger partial charge in [0.15, 0.2) is 5.82 Å². The van der Waals surface area contributed by atoms with Crippen molar-refractivity contribution in [2.24, 2.45) is 0 Å². The van der Waals surface area contributed by atoms with Crippen LogP contribution in [0.15, 0.2) is 59.1 Å². The van der Waals surface area contributed by atoms with Gasteiger partial charge in [-0.05, 0) is 33.6 Å². The molecule has 1 aliphatic heterocycles. The number of H-pyrrole nitrogens is 1. The Balaban J connectivity index is 1.39. The van der Waals surface area contributed by atoms with Gasteiger partial charge in [0.1, 0.15) is 18.3 Å². The van der Waals surface area contributed by atoms with Gasteiger partial charge in [0.05, 0.1) is 21.6 Å². The van der Waals surface area contributed by atoms with Gasteiger partial charge in [0, 0.05) is 13.1 Å². The Kier molecular flexibility index (Phi) is 8.41. The average Bonchev–Trinajstić information content (AvgIpc) is 3.15. The van der Waals surface area contributed by atoms with E-state index in [1.54, 1.807) is 24.3 Å². The van der Waals surface area contributed by atoms with Gasteiger partial charge in [0.2, 0.25) is 5.91 Å². The first kappa shape index (κ1) is 26.2. The Morgan fingerprint density at radius 1 is 1.11 bits per heavy atom. The zero-order chi connectivity index (χ0) is 26.4. The highest BCUT2D eigenvalue weighted by atomic mass is 79.9. The Bertz CT molecular complexity index is 1320. The molecule has 4 amide bonds. The number of carbonyl (C=O) groups is 4. The van der Waals surface area contributed by atoms with E-state index in [0.29, 0.717) is 0 Å². The lowest BCUT2D eigenvalue weighted by atomic mass is 10.2. The minimum atomic E-state index is -1.05. The van der Waals surface area contributed by atoms with Crippen molar-refractivity contribution >= 4 is 57.2 Å². The smallest absolute Gasteiger partial charge is 0.410 e. The zero-order valence-corrected chi connectivity index (χ0v) is 21.6. The molecule has 4 N–H and O–H groups in total. The lowest BCUT2D eigenvalue weighted by Gasteiger charge is -2.23. The second kappa shape index (κ2) is 11.9. The van der Waals surface area contributed by atoms with Crippen molar-refractivity contribution in [3.63, 3.8) is 0 Å². The second-order valence-corrected chi connectivity index (χ2v) is 9.20. The molecule has 2 heterocycles. The topological polar surface area (TPSA) is 146 Å². The summed E-state index contributed by atoms with van der Waals surface area (Å²) in [4.78, 5) is 52.0. The molecule has 13 heteroatoms. The Morgan fingerprint density at radius 3 is 2.59 bits per heavy atom. The largest absolute Gasteiger partial charge is 0.445 e. The molecule has 1 saturated heterocycles. The van der Waals surface area contributed by atoms with Crippen LogP contribution in [0, 0.1) is 0 Å². The average molecular weight is 590 g/mol. The monoisotopic (exact) mass is 588 g/mol. The molecule has 1 atom stereocenters. The molecule has 1 aliphatic rings. The van der Waals surface area contributed by atoms with Gasteiger partial charge in [0.25, 0.3) is 11.8 Å². The molecule has 0 saturated carbocycles. The van der Waals surface area contributed by atoms with E-state index in [1.807, 2.05) is 30.3 Å². The second-order valence-electron chi connectivity index (χ2n) is 8.00. The van der Waals surface area contributed by atoms with Crippen LogP contribution < -0.4 is 16.0 Å². The predicted molar refractivity (Wildman–Crippen MR) is 138 cm³/mol. The molecular weight excluding hydrogens is 568 g/mol. The summed E-state index contributed by atoms with van der Waals surface area (Å²) >= 11 is 9.32. The molecule has 3 aromatic rings. The molecule has 192 valence electrons. The molecule has 0 bridgehead atoms. The number of nitrogens with zero attached hydrogens (tertiary/aromatic N) is 2. The highest BCUT2D eigenvalue weighted by Crippen LogP contribution is 2.25. The summed E-state index contributed by atoms with van der Waals surface area (Å²) < 4.78 is 5.54. The van der Waals surface area contributed by atoms with Crippen LogP contribution in [0.3, 0.4) is 0 Å². The van der Waals surface area contributed by atoms with E-state index in [-0.39, 0.29) is 52.8 Å². The van der Waals surface area contributed by atoms with Crippen molar-refractivity contribution in [3.8, 4) is 0 Å². The van der Waals surface area contributed by atoms with E-state index < -0.39 is 29.9 Å². The number of aromatic nitrogens is 2. The van der Waals surface area contributed by atoms with Gasteiger partial charge in [-0.2, -0.15) is 5.10 Å². The van der Waals surface area contributed by atoms with Crippen LogP contribution >= 0.6 is 27.5 Å². The number of nitrogens with one attached hydrogen (secondary N) is 4. The maximum Gasteiger partial charge on any atom is 0.410 e. The van der Waals surface area contributed by atoms with Gasteiger partial charge >= 0.3 is 6.09 Å². The summed E-state index contributed by atoms with van der Waals surface area (Å²) in [6, 6.07) is 14.6. The van der Waals surface area contributed by atoms with E-state index in [9.17, 15) is 19.2 Å². The molecule has 37 heavy (non-hydrogen) atoms. The summed E-state index contributed by atoms with van der Waals surface area (Å²) in [5.41, 5.74) is 1.04. The van der Waals surface area contributed by atoms with E-state index in [4.69, 9.17) is 16.3 Å². The molecule has 0 spiro atoms. The minimum Gasteiger partial charge on any atom is -0.445 e. The Hall–Kier alpha value is -3.90. The predicted octanol–water partition coefficient (Wildman–Crippen LogP) is 2.94. The summed E-state index contributed by atoms with van der Waals surface area (Å²) in [7, 11) is 0. The lowest BCUT2D eigenvalue weighted by Crippen LogP contribution is -2.50. The quantitative estimate of drug-likeness (QED) is 0.348. The lowest BCUT2D eigenvalue weighted by molar-refractivity contribution is -0.122. The number of anilines is 1. The summed E-state index contributed by atoms with van der Waals surface area (Å²) in [6.07, 6.45) is -0.605. The first-order valence-corrected chi connectivity index (χ1v) is 12.3. The van der Waals surface area contributed by atoms with Crippen molar-refractivity contribution < 1.29 is 23.9 Å². The third kappa shape index (κ3) is 6.46. The van der Waals surface area contributed by atoms with Crippen LogP contribution in [0.4, 0.5) is 10.6 Å². The van der Waals surface area contributed by atoms with Gasteiger partial charge < -0.3 is 25.6 Å². The highest BCUT2D eigenvalue weighted by Gasteiger charge is 2.31. The maximum absolute atomic E-state index is 12.9. The summed E-state index contributed by atoms with van der Waals surface area (Å²) in [5.74, 6) is -1.57. The number of hydrogen-bond acceptors (Lipinski definition) is 6. The van der Waals surface area contributed by atoms with Gasteiger partial charge in [-0.1, -0.05) is 54.1 Å². The van der Waals surface area contributed by atoms with Crippen LogP contribution in [0.1, 0.15) is 26.4 Å². The number of halogens is 2. The Morgan fingerprint density at radius 2 is 1.84 bits per heavy atom. The Labute approximate surface area is 225 Å². The molecule has 1 aromatic heterocycles. The third-order valence-electron chi connectivity index (χ3n) is 5.45. The zero-order valence-electron chi connectivity index (χ0n) is 19.3. The molecule has 1 fully saturated rings. The van der Waals surface area contributed by atoms with E-state index in [2.05, 4.69) is 42.1 Å². The minimum absolute atomic E-state index is 0.0234. The molecule has 0 aliphatic carbocycles. The van der Waals surface area contributed by atoms with Crippen LogP contribution in [0.25, 0.3) is 0 Å². The van der Waals surface area contributed by atoms with Crippen LogP contribution in [0.2, 0.25) is 5.02 Å². The molecular formula is C24H22BrClN6O5. The van der Waals surface area contributed by atoms with Crippen molar-refractivity contribution in [2.75, 3.05) is 25.0 Å². The third-order valence-corrected chi connectivity index (χ3v) is 6.56. The molecule has 11 nitrogen and oxygen atoms in total. The van der Waals surface area contributed by atoms with E-state index in [0.717, 1.165) is 5.56 Å². The van der Waals surface area contributed by atoms with Crippen molar-refractivity contribution in [3.05, 3.63) is 80.9 Å². The summed E-state index contributed by atoms with van der Waals surface area (Å²) in [6.45, 7) is 0.417. The number of hydrogen-bond donors (Lipinski definition) is 4. The van der Waals surface area contributed by atoms with Crippen molar-refractivity contribution in [1.82, 2.24) is 25.7 Å². The first-order valence-electron chi connectivity index (χ1n) is 11.2. The number of rotatable bonds is 6. The van der Waals surface area contributed by atoms with Crippen LogP contribution in [-0.2, 0) is 16.1 Å². The fraction of sp³-hybridized carbons (Fsp3) is 0.208. The van der Waals surface area contributed by atoms with Gasteiger partial charge in [-0.25, -0.2) is 4.79 Å². The number of amides is 4. The molecule has 4 rings (SSSR count). The number of benzene rings is 2. The highest BCUT2D eigenvalue weighted by molar-refractivity contribution is 9.10. The van der Waals surface area contributed by atoms with Crippen LogP contribution in [-0.4, -0.2) is 64.6 Å². The number of ether oxygens (including phenoxy) is 1. The summed E-state index contributed by atoms with van der Waals surface area (Å²) in [5, 5.41) is 14.6. The van der Waals surface area contributed by atoms with Crippen LogP contribution in [0.5, 0.6) is 0 Å². The van der Waals surface area contributed by atoms with Crippen molar-refractivity contribution in [2.45, 2.75) is 12.6 Å². The van der Waals surface area contributed by atoms with Crippen molar-refractivity contribution in [1.29, 1.82) is 0 Å². The van der Waals surface area contributed by atoms with E-state index in [1.165, 1.54) is 4.90 Å². The molecule has 0 radical (unpaired) electrons. The van der Waals surface area contributed by atoms with E-state index >= 15 is 0 Å². The first-order chi connectivity index (χ1) is 17.8. The fourth-order valence-electron chi connectivity index (χ4n) is 3.53. The molecule has 1 unspecified atom stereocenters. The number of aromatic amines is 1. The molecule has 2 aromatic carbocycles. The standard InChI is InChI=1S/C24H22BrClN6O5/c25-18-19(30-31-20(18)29-21(33)15-8-4-5-9-16(15)26)23(35)28-17-12-32(11-10-27-22(17)34)24(36)37-13-14-6-2-1-3-7-14/h1-9,17H,10-13H2,(H,27,34)(H,28,35)(H2,29,30,31,33). The SMILES string of the molecule is O=C(Nc1n[nH]c(C(=O)NC2CN(C(=O)OCc3ccccc3)CCNC2=O)c1Br)c1ccccc1Cl. The van der Waals surface area contributed by atoms with Gasteiger partial charge in [-0.3, -0.25) is 19.5 Å². The normalized spacial score (nSPS) is 15.4. The van der Waals surface area contributed by atoms with Gasteiger partial charge in [-0.15, -0.1) is 0 Å². The maximum atomic E-state index is 12.9. The fourth-order valence-corrected chi connectivity index (χ4v) is 4.21. The number of carbonyl (C=O) groups excluding carboxylic acids is 4.